The summed E-state index contributed by atoms with van der Waals surface area (Å²) in [7, 11) is 0. The van der Waals surface area contributed by atoms with E-state index < -0.39 is 0 Å². The van der Waals surface area contributed by atoms with Crippen LogP contribution in [0.4, 0.5) is 11.4 Å². The smallest absolute Gasteiger partial charge is 0.259 e. The zero-order valence-corrected chi connectivity index (χ0v) is 12.6. The van der Waals surface area contributed by atoms with Gasteiger partial charge < -0.3 is 10.6 Å². The number of nitrogens with two attached hydrogens (primary N) is 1. The highest BCUT2D eigenvalue weighted by atomic mass is 79.9. The monoisotopic (exact) mass is 330 g/mol. The molecule has 0 aliphatic carbocycles. The first-order valence-electron chi connectivity index (χ1n) is 6.61. The Labute approximate surface area is 126 Å². The number of hydrogen-bond acceptors (Lipinski definition) is 2. The molecule has 0 spiro atoms. The van der Waals surface area contributed by atoms with Gasteiger partial charge in [-0.25, -0.2) is 0 Å². The van der Waals surface area contributed by atoms with Crippen LogP contribution in [0.5, 0.6) is 0 Å². The van der Waals surface area contributed by atoms with Crippen LogP contribution in [0.3, 0.4) is 0 Å². The zero-order valence-electron chi connectivity index (χ0n) is 11.0. The van der Waals surface area contributed by atoms with Gasteiger partial charge in [-0.05, 0) is 58.6 Å². The third-order valence-electron chi connectivity index (χ3n) is 3.58. The summed E-state index contributed by atoms with van der Waals surface area (Å²) >= 11 is 3.45. The molecule has 20 heavy (non-hydrogen) atoms. The van der Waals surface area contributed by atoms with E-state index in [2.05, 4.69) is 15.9 Å². The molecule has 2 N–H and O–H groups in total. The van der Waals surface area contributed by atoms with E-state index in [1.54, 1.807) is 0 Å². The Balaban J connectivity index is 2.03. The summed E-state index contributed by atoms with van der Waals surface area (Å²) in [6.45, 7) is 0.733. The Morgan fingerprint density at radius 3 is 2.80 bits per heavy atom. The van der Waals surface area contributed by atoms with Gasteiger partial charge in [-0.1, -0.05) is 18.2 Å². The largest absolute Gasteiger partial charge is 0.399 e. The molecule has 2 aromatic carbocycles. The van der Waals surface area contributed by atoms with E-state index in [4.69, 9.17) is 5.73 Å². The molecule has 102 valence electrons. The molecule has 4 heteroatoms. The van der Waals surface area contributed by atoms with E-state index in [1.807, 2.05) is 47.4 Å². The first-order chi connectivity index (χ1) is 9.66. The van der Waals surface area contributed by atoms with Gasteiger partial charge in [-0.15, -0.1) is 0 Å². The lowest BCUT2D eigenvalue weighted by molar-refractivity contribution is 0.0984. The molecule has 0 atom stereocenters. The van der Waals surface area contributed by atoms with E-state index in [1.165, 1.54) is 5.56 Å². The summed E-state index contributed by atoms with van der Waals surface area (Å²) < 4.78 is 0.820. The number of amides is 1. The van der Waals surface area contributed by atoms with Gasteiger partial charge in [0.2, 0.25) is 0 Å². The first-order valence-corrected chi connectivity index (χ1v) is 7.41. The van der Waals surface area contributed by atoms with E-state index in [0.29, 0.717) is 11.3 Å². The van der Waals surface area contributed by atoms with Crippen LogP contribution in [-0.4, -0.2) is 12.5 Å². The third-order valence-corrected chi connectivity index (χ3v) is 4.27. The SMILES string of the molecule is Nc1ccc2c(c1)N(C(=O)c1ccccc1Br)CCC2. The fraction of sp³-hybridized carbons (Fsp3) is 0.188. The minimum absolute atomic E-state index is 0.0176. The highest BCUT2D eigenvalue weighted by Crippen LogP contribution is 2.31. The topological polar surface area (TPSA) is 46.3 Å². The van der Waals surface area contributed by atoms with Crippen LogP contribution in [0.1, 0.15) is 22.3 Å². The molecular formula is C16H15BrN2O. The second kappa shape index (κ2) is 5.29. The Hall–Kier alpha value is -1.81. The Morgan fingerprint density at radius 1 is 1.20 bits per heavy atom. The van der Waals surface area contributed by atoms with Crippen LogP contribution in [0, 0.1) is 0 Å². The summed E-state index contributed by atoms with van der Waals surface area (Å²) in [6.07, 6.45) is 1.97. The number of nitrogen functional groups attached to an aromatic ring is 1. The standard InChI is InChI=1S/C16H15BrN2O/c17-14-6-2-1-5-13(14)16(20)19-9-3-4-11-7-8-12(18)10-15(11)19/h1-2,5-8,10H,3-4,9,18H2. The zero-order chi connectivity index (χ0) is 14.1. The molecule has 0 saturated heterocycles. The lowest BCUT2D eigenvalue weighted by Gasteiger charge is -2.30. The highest BCUT2D eigenvalue weighted by molar-refractivity contribution is 9.10. The van der Waals surface area contributed by atoms with Crippen molar-refractivity contribution in [1.82, 2.24) is 0 Å². The Kier molecular flexibility index (Phi) is 3.49. The molecule has 1 aliphatic rings. The second-order valence-corrected chi connectivity index (χ2v) is 5.78. The van der Waals surface area contributed by atoms with Gasteiger partial charge >= 0.3 is 0 Å². The number of rotatable bonds is 1. The first kappa shape index (κ1) is 13.2. The van der Waals surface area contributed by atoms with E-state index >= 15 is 0 Å². The fourth-order valence-corrected chi connectivity index (χ4v) is 3.04. The lowest BCUT2D eigenvalue weighted by Crippen LogP contribution is -2.35. The molecule has 0 bridgehead atoms. The molecule has 3 rings (SSSR count). The maximum Gasteiger partial charge on any atom is 0.259 e. The van der Waals surface area contributed by atoms with Crippen LogP contribution < -0.4 is 10.6 Å². The molecule has 1 aliphatic heterocycles. The second-order valence-electron chi connectivity index (χ2n) is 4.93. The van der Waals surface area contributed by atoms with Gasteiger partial charge in [0.05, 0.1) is 5.56 Å². The van der Waals surface area contributed by atoms with Crippen molar-refractivity contribution in [3.05, 3.63) is 58.1 Å². The lowest BCUT2D eigenvalue weighted by atomic mass is 10.00. The van der Waals surface area contributed by atoms with Crippen LogP contribution in [0.15, 0.2) is 46.9 Å². The normalized spacial score (nSPS) is 13.9. The quantitative estimate of drug-likeness (QED) is 0.811. The number of benzene rings is 2. The molecule has 3 nitrogen and oxygen atoms in total. The van der Waals surface area contributed by atoms with Crippen molar-refractivity contribution in [2.75, 3.05) is 17.2 Å². The summed E-state index contributed by atoms with van der Waals surface area (Å²) in [4.78, 5) is 14.6. The third kappa shape index (κ3) is 2.31. The summed E-state index contributed by atoms with van der Waals surface area (Å²) in [5.41, 5.74) is 9.37. The number of carbonyl (C=O) groups is 1. The van der Waals surface area contributed by atoms with Crippen molar-refractivity contribution in [2.24, 2.45) is 0 Å². The number of aryl methyl sites for hydroxylation is 1. The van der Waals surface area contributed by atoms with E-state index in [-0.39, 0.29) is 5.91 Å². The minimum atomic E-state index is 0.0176. The maximum absolute atomic E-state index is 12.7. The molecule has 1 heterocycles. The van der Waals surface area contributed by atoms with Crippen molar-refractivity contribution in [3.63, 3.8) is 0 Å². The van der Waals surface area contributed by atoms with Crippen molar-refractivity contribution < 1.29 is 4.79 Å². The molecule has 0 radical (unpaired) electrons. The molecule has 1 amide bonds. The van der Waals surface area contributed by atoms with Crippen molar-refractivity contribution in [1.29, 1.82) is 0 Å². The van der Waals surface area contributed by atoms with Crippen molar-refractivity contribution in [2.45, 2.75) is 12.8 Å². The number of fused-ring (bicyclic) bond motifs is 1. The average molecular weight is 331 g/mol. The summed E-state index contributed by atoms with van der Waals surface area (Å²) in [6, 6.07) is 13.3. The number of nitrogens with zero attached hydrogens (tertiary/aromatic N) is 1. The number of halogens is 1. The molecule has 2 aromatic rings. The number of anilines is 2. The van der Waals surface area contributed by atoms with Gasteiger partial charge in [0.15, 0.2) is 0 Å². The van der Waals surface area contributed by atoms with Crippen LogP contribution in [0.25, 0.3) is 0 Å². The molecule has 0 aromatic heterocycles. The Bertz CT molecular complexity index is 669. The average Bonchev–Trinajstić information content (AvgIpc) is 2.46. The van der Waals surface area contributed by atoms with Crippen molar-refractivity contribution >= 4 is 33.2 Å². The molecule has 0 unspecified atom stereocenters. The summed E-state index contributed by atoms with van der Waals surface area (Å²) in [5.74, 6) is 0.0176. The van der Waals surface area contributed by atoms with E-state index in [0.717, 1.165) is 29.5 Å². The van der Waals surface area contributed by atoms with Gasteiger partial charge in [0.1, 0.15) is 0 Å². The van der Waals surface area contributed by atoms with Crippen LogP contribution >= 0.6 is 15.9 Å². The Morgan fingerprint density at radius 2 is 2.00 bits per heavy atom. The fourth-order valence-electron chi connectivity index (χ4n) is 2.58. The highest BCUT2D eigenvalue weighted by Gasteiger charge is 2.24. The van der Waals surface area contributed by atoms with Crippen LogP contribution in [0.2, 0.25) is 0 Å². The van der Waals surface area contributed by atoms with Gasteiger partial charge in [0.25, 0.3) is 5.91 Å². The number of hydrogen-bond donors (Lipinski definition) is 1. The van der Waals surface area contributed by atoms with Gasteiger partial charge in [-0.3, -0.25) is 4.79 Å². The summed E-state index contributed by atoms with van der Waals surface area (Å²) in [5, 5.41) is 0. The van der Waals surface area contributed by atoms with E-state index in [9.17, 15) is 4.79 Å². The molecule has 0 fully saturated rings. The molecule has 0 saturated carbocycles. The van der Waals surface area contributed by atoms with Gasteiger partial charge in [-0.2, -0.15) is 0 Å². The predicted octanol–water partition coefficient (Wildman–Crippen LogP) is 3.62. The molecular weight excluding hydrogens is 316 g/mol. The number of carbonyl (C=O) groups excluding carboxylic acids is 1. The van der Waals surface area contributed by atoms with Gasteiger partial charge in [0, 0.05) is 22.4 Å². The van der Waals surface area contributed by atoms with Crippen molar-refractivity contribution in [3.8, 4) is 0 Å². The maximum atomic E-state index is 12.7. The van der Waals surface area contributed by atoms with Crippen LogP contribution in [-0.2, 0) is 6.42 Å². The predicted molar refractivity (Wildman–Crippen MR) is 85.0 cm³/mol. The minimum Gasteiger partial charge on any atom is -0.399 e.